The van der Waals surface area contributed by atoms with E-state index in [1.165, 1.54) is 0 Å². The van der Waals surface area contributed by atoms with Crippen LogP contribution in [0.2, 0.25) is 0 Å². The third kappa shape index (κ3) is 13.4. The predicted octanol–water partition coefficient (Wildman–Crippen LogP) is 14.7. The number of aromatic nitrogens is 6. The van der Waals surface area contributed by atoms with Gasteiger partial charge in [-0.3, -0.25) is 19.9 Å². The van der Waals surface area contributed by atoms with E-state index in [0.29, 0.717) is 19.0 Å². The second-order valence-electron chi connectivity index (χ2n) is 16.6. The lowest BCUT2D eigenvalue weighted by molar-refractivity contribution is 0.282. The third-order valence-electron chi connectivity index (χ3n) is 11.4. The molecular formula is C59H58N6O3. The van der Waals surface area contributed by atoms with E-state index in [1.54, 1.807) is 24.8 Å². The Hall–Kier alpha value is -7.78. The summed E-state index contributed by atoms with van der Waals surface area (Å²) in [7, 11) is 0. The summed E-state index contributed by atoms with van der Waals surface area (Å²) in [6.07, 6.45) is 22.0. The number of hydrogen-bond acceptors (Lipinski definition) is 9. The molecule has 0 aliphatic heterocycles. The smallest absolute Gasteiger partial charge is 0.123 e. The lowest BCUT2D eigenvalue weighted by Gasteiger charge is -2.16. The number of nitrogens with zero attached hydrogens (tertiary/aromatic N) is 6. The summed E-state index contributed by atoms with van der Waals surface area (Å²) in [5.74, 6) is 2.22. The second kappa shape index (κ2) is 24.7. The Morgan fingerprint density at radius 2 is 0.721 bits per heavy atom. The van der Waals surface area contributed by atoms with E-state index in [2.05, 4.69) is 87.7 Å². The molecule has 68 heavy (non-hydrogen) atoms. The number of pyridine rings is 6. The van der Waals surface area contributed by atoms with Gasteiger partial charge in [-0.2, -0.15) is 0 Å². The molecule has 0 amide bonds. The summed E-state index contributed by atoms with van der Waals surface area (Å²) in [5.41, 5.74) is 10.6. The monoisotopic (exact) mass is 898 g/mol. The van der Waals surface area contributed by atoms with E-state index < -0.39 is 0 Å². The molecule has 6 heterocycles. The van der Waals surface area contributed by atoms with Crippen LogP contribution in [0.1, 0.15) is 69.8 Å². The van der Waals surface area contributed by atoms with Crippen molar-refractivity contribution >= 4 is 0 Å². The highest BCUT2D eigenvalue weighted by molar-refractivity contribution is 5.82. The fourth-order valence-electron chi connectivity index (χ4n) is 7.91. The van der Waals surface area contributed by atoms with Gasteiger partial charge in [-0.15, -0.1) is 13.2 Å². The molecule has 0 unspecified atom stereocenters. The predicted molar refractivity (Wildman–Crippen MR) is 274 cm³/mol. The van der Waals surface area contributed by atoms with Crippen molar-refractivity contribution in [2.45, 2.75) is 70.8 Å². The largest absolute Gasteiger partial charge is 0.493 e. The highest BCUT2D eigenvalue weighted by Crippen LogP contribution is 2.37. The topological polar surface area (TPSA) is 105 Å². The Labute approximate surface area is 400 Å². The van der Waals surface area contributed by atoms with Gasteiger partial charge in [-0.05, 0) is 169 Å². The van der Waals surface area contributed by atoms with Crippen LogP contribution in [-0.2, 0) is 6.61 Å². The molecule has 0 N–H and O–H groups in total. The van der Waals surface area contributed by atoms with Gasteiger partial charge in [0.25, 0.3) is 0 Å². The van der Waals surface area contributed by atoms with Gasteiger partial charge in [0.15, 0.2) is 0 Å². The first-order valence-corrected chi connectivity index (χ1v) is 23.7. The zero-order chi connectivity index (χ0) is 46.6. The Bertz CT molecular complexity index is 2540. The Morgan fingerprint density at radius 1 is 0.353 bits per heavy atom. The number of benzene rings is 2. The first kappa shape index (κ1) is 46.7. The zero-order valence-electron chi connectivity index (χ0n) is 38.7. The number of allylic oxidation sites excluding steroid dienone is 2. The lowest BCUT2D eigenvalue weighted by Crippen LogP contribution is -2.03. The van der Waals surface area contributed by atoms with E-state index in [9.17, 15) is 0 Å². The molecule has 0 spiro atoms. The minimum Gasteiger partial charge on any atom is -0.493 e. The molecule has 9 nitrogen and oxygen atoms in total. The second-order valence-corrected chi connectivity index (χ2v) is 16.6. The van der Waals surface area contributed by atoms with E-state index >= 15 is 0 Å². The Morgan fingerprint density at radius 3 is 1.09 bits per heavy atom. The zero-order valence-corrected chi connectivity index (χ0v) is 38.7. The van der Waals surface area contributed by atoms with E-state index in [0.717, 1.165) is 149 Å². The quantitative estimate of drug-likeness (QED) is 0.0409. The maximum absolute atomic E-state index is 6.84. The number of ether oxygens (including phenoxy) is 3. The van der Waals surface area contributed by atoms with Crippen LogP contribution >= 0.6 is 0 Å². The van der Waals surface area contributed by atoms with Crippen LogP contribution in [0.4, 0.5) is 0 Å². The lowest BCUT2D eigenvalue weighted by atomic mass is 9.96. The third-order valence-corrected chi connectivity index (χ3v) is 11.4. The van der Waals surface area contributed by atoms with Crippen LogP contribution in [0, 0.1) is 0 Å². The van der Waals surface area contributed by atoms with Gasteiger partial charge in [0, 0.05) is 30.9 Å². The fraction of sp³-hybridized carbons (Fsp3) is 0.220. The van der Waals surface area contributed by atoms with Crippen LogP contribution in [0.15, 0.2) is 184 Å². The van der Waals surface area contributed by atoms with Crippen molar-refractivity contribution < 1.29 is 14.2 Å². The van der Waals surface area contributed by atoms with Crippen LogP contribution < -0.4 is 14.2 Å². The van der Waals surface area contributed by atoms with Crippen LogP contribution in [0.3, 0.4) is 0 Å². The summed E-state index contributed by atoms with van der Waals surface area (Å²) in [6, 6.07) is 44.2. The first-order chi connectivity index (χ1) is 33.6. The van der Waals surface area contributed by atoms with Gasteiger partial charge < -0.3 is 14.2 Å². The van der Waals surface area contributed by atoms with Crippen LogP contribution in [0.25, 0.3) is 67.8 Å². The average molecular weight is 899 g/mol. The molecule has 342 valence electrons. The molecule has 0 atom stereocenters. The van der Waals surface area contributed by atoms with Crippen molar-refractivity contribution in [1.29, 1.82) is 0 Å². The van der Waals surface area contributed by atoms with Gasteiger partial charge in [0.1, 0.15) is 23.9 Å². The molecule has 2 aromatic carbocycles. The average Bonchev–Trinajstić information content (AvgIpc) is 3.40. The molecular weight excluding hydrogens is 841 g/mol. The maximum atomic E-state index is 6.84. The molecule has 0 radical (unpaired) electrons. The first-order valence-electron chi connectivity index (χ1n) is 23.7. The standard InChI is InChI=1S/C59H58N6O3/c1-3-5-7-9-11-21-31-66-49-33-44(34-50(42-49)67-32-22-12-10-8-6-4-2)43-68-51-36-45(47-38-56(52-23-13-17-27-60-52)64-57(39-47)53-24-14-18-28-61-53)35-46(37-51)48-40-58(54-25-15-19-29-62-54)65-59(41-48)55-26-16-20-30-63-55/h3-4,13-20,23-30,33-42H,1-2,5-12,21-22,31-32,43H2. The summed E-state index contributed by atoms with van der Waals surface area (Å²) < 4.78 is 19.6. The van der Waals surface area contributed by atoms with Crippen molar-refractivity contribution in [3.05, 3.63) is 189 Å². The highest BCUT2D eigenvalue weighted by Gasteiger charge is 2.16. The summed E-state index contributed by atoms with van der Waals surface area (Å²) in [4.78, 5) is 28.8. The van der Waals surface area contributed by atoms with E-state index in [-0.39, 0.29) is 6.61 Å². The summed E-state index contributed by atoms with van der Waals surface area (Å²) in [5, 5.41) is 0. The highest BCUT2D eigenvalue weighted by atomic mass is 16.5. The van der Waals surface area contributed by atoms with Crippen molar-refractivity contribution in [3.8, 4) is 85.1 Å². The molecule has 9 heteroatoms. The summed E-state index contributed by atoms with van der Waals surface area (Å²) >= 11 is 0. The molecule has 6 aromatic heterocycles. The number of hydrogen-bond donors (Lipinski definition) is 0. The molecule has 0 saturated heterocycles. The summed E-state index contributed by atoms with van der Waals surface area (Å²) in [6.45, 7) is 9.25. The molecule has 0 bridgehead atoms. The normalized spacial score (nSPS) is 10.9. The minimum absolute atomic E-state index is 0.281. The van der Waals surface area contributed by atoms with Gasteiger partial charge in [0.05, 0.1) is 58.8 Å². The van der Waals surface area contributed by atoms with Gasteiger partial charge >= 0.3 is 0 Å². The van der Waals surface area contributed by atoms with Crippen molar-refractivity contribution in [2.75, 3.05) is 13.2 Å². The maximum Gasteiger partial charge on any atom is 0.123 e. The van der Waals surface area contributed by atoms with Crippen molar-refractivity contribution in [1.82, 2.24) is 29.9 Å². The molecule has 8 rings (SSSR count). The molecule has 0 aliphatic carbocycles. The number of unbranched alkanes of at least 4 members (excludes halogenated alkanes) is 8. The van der Waals surface area contributed by atoms with Gasteiger partial charge in [-0.25, -0.2) is 9.97 Å². The van der Waals surface area contributed by atoms with Crippen molar-refractivity contribution in [3.63, 3.8) is 0 Å². The van der Waals surface area contributed by atoms with Crippen LogP contribution in [-0.4, -0.2) is 43.1 Å². The Balaban J connectivity index is 1.18. The molecule has 0 aliphatic rings. The molecule has 0 saturated carbocycles. The Kier molecular flexibility index (Phi) is 17.0. The fourth-order valence-corrected chi connectivity index (χ4v) is 7.91. The molecule has 8 aromatic rings. The van der Waals surface area contributed by atoms with E-state index in [1.807, 2.05) is 91.0 Å². The van der Waals surface area contributed by atoms with Gasteiger partial charge in [0.2, 0.25) is 0 Å². The van der Waals surface area contributed by atoms with Crippen molar-refractivity contribution in [2.24, 2.45) is 0 Å². The number of rotatable bonds is 25. The SMILES string of the molecule is C=CCCCCCCOc1cc(COc2cc(-c3cc(-c4ccccn4)nc(-c4ccccn4)c3)cc(-c3cc(-c4ccccn4)nc(-c4ccccn4)c3)c2)cc(OCCCCCCC=C)c1. The van der Waals surface area contributed by atoms with E-state index in [4.69, 9.17) is 24.2 Å². The van der Waals surface area contributed by atoms with Crippen LogP contribution in [0.5, 0.6) is 17.2 Å². The minimum atomic E-state index is 0.281. The molecule has 0 fully saturated rings. The van der Waals surface area contributed by atoms with Gasteiger partial charge in [-0.1, -0.05) is 62.1 Å².